The zero-order valence-electron chi connectivity index (χ0n) is 22.6. The van der Waals surface area contributed by atoms with Crippen molar-refractivity contribution < 1.29 is 24.2 Å². The molecule has 5 atom stereocenters. The van der Waals surface area contributed by atoms with Gasteiger partial charge in [-0.05, 0) is 65.4 Å². The summed E-state index contributed by atoms with van der Waals surface area (Å²) in [7, 11) is 0. The Morgan fingerprint density at radius 1 is 1.17 bits per heavy atom. The summed E-state index contributed by atoms with van der Waals surface area (Å²) in [6, 6.07) is 2.95. The fourth-order valence-electron chi connectivity index (χ4n) is 4.13. The van der Waals surface area contributed by atoms with E-state index in [-0.39, 0.29) is 41.5 Å². The van der Waals surface area contributed by atoms with Crippen LogP contribution in [0.5, 0.6) is 5.75 Å². The Labute approximate surface area is 209 Å². The number of nitrogens with zero attached hydrogens (tertiary/aromatic N) is 1. The summed E-state index contributed by atoms with van der Waals surface area (Å²) in [5.41, 5.74) is 0.271. The minimum absolute atomic E-state index is 0.0114. The molecule has 0 heterocycles. The van der Waals surface area contributed by atoms with Gasteiger partial charge in [0.2, 0.25) is 11.8 Å². The van der Waals surface area contributed by atoms with Gasteiger partial charge >= 0.3 is 6.09 Å². The summed E-state index contributed by atoms with van der Waals surface area (Å²) in [5.74, 6) is -0.744. The number of amides is 3. The molecule has 3 N–H and O–H groups in total. The number of alkyl carbamates (subject to hydrolysis) is 1. The highest BCUT2D eigenvalue weighted by atomic mass is 16.6. The molecule has 0 aliphatic heterocycles. The molecule has 1 aliphatic carbocycles. The molecule has 0 spiro atoms. The average Bonchev–Trinajstić information content (AvgIpc) is 3.45. The van der Waals surface area contributed by atoms with Crippen LogP contribution < -0.4 is 10.6 Å². The van der Waals surface area contributed by atoms with Crippen molar-refractivity contribution in [2.45, 2.75) is 105 Å². The Bertz CT molecular complexity index is 924. The van der Waals surface area contributed by atoms with Gasteiger partial charge in [-0.25, -0.2) is 4.79 Å². The molecule has 5 unspecified atom stereocenters. The highest BCUT2D eigenvalue weighted by molar-refractivity contribution is 5.93. The number of rotatable bonds is 9. The van der Waals surface area contributed by atoms with Crippen LogP contribution in [0, 0.1) is 18.8 Å². The van der Waals surface area contributed by atoms with Gasteiger partial charge in [0.05, 0.1) is 0 Å². The van der Waals surface area contributed by atoms with Crippen molar-refractivity contribution in [1.82, 2.24) is 15.5 Å². The van der Waals surface area contributed by atoms with Gasteiger partial charge < -0.3 is 25.4 Å². The molecule has 196 valence electrons. The van der Waals surface area contributed by atoms with E-state index in [0.29, 0.717) is 17.5 Å². The van der Waals surface area contributed by atoms with Crippen LogP contribution in [0.1, 0.15) is 85.4 Å². The number of para-hydroxylation sites is 1. The second-order valence-corrected chi connectivity index (χ2v) is 11.1. The van der Waals surface area contributed by atoms with Gasteiger partial charge in [0.25, 0.3) is 0 Å². The molecular weight excluding hydrogens is 446 g/mol. The van der Waals surface area contributed by atoms with E-state index in [1.54, 1.807) is 50.8 Å². The van der Waals surface area contributed by atoms with E-state index in [9.17, 15) is 19.5 Å². The summed E-state index contributed by atoms with van der Waals surface area (Å²) >= 11 is 0. The van der Waals surface area contributed by atoms with Gasteiger partial charge in [0.15, 0.2) is 0 Å². The van der Waals surface area contributed by atoms with E-state index in [4.69, 9.17) is 4.74 Å². The van der Waals surface area contributed by atoms with E-state index in [1.807, 2.05) is 34.6 Å². The lowest BCUT2D eigenvalue weighted by molar-refractivity contribution is -0.144. The molecule has 8 nitrogen and oxygen atoms in total. The number of aryl methyl sites for hydroxylation is 1. The van der Waals surface area contributed by atoms with Crippen LogP contribution in [-0.2, 0) is 14.3 Å². The summed E-state index contributed by atoms with van der Waals surface area (Å²) in [5, 5.41) is 16.6. The van der Waals surface area contributed by atoms with E-state index < -0.39 is 23.8 Å². The quantitative estimate of drug-likeness (QED) is 0.475. The molecule has 1 aliphatic rings. The standard InChI is InChI=1S/C27H43N3O5/c1-10-16(4)21(29-26(34)35-27(7,8)9)25(33)30(20-14-18(20)6)22(24(32)28-15(2)3)19-13-11-12-17(5)23(19)31/h11-13,15-16,18,20-22,31H,10,14H2,1-9H3,(H,28,32)(H,29,34). The maximum Gasteiger partial charge on any atom is 0.408 e. The van der Waals surface area contributed by atoms with Crippen molar-refractivity contribution in [2.75, 3.05) is 0 Å². The van der Waals surface area contributed by atoms with Gasteiger partial charge in [-0.2, -0.15) is 0 Å². The van der Waals surface area contributed by atoms with Crippen LogP contribution in [0.15, 0.2) is 18.2 Å². The Kier molecular flexibility index (Phi) is 9.20. The number of aromatic hydroxyl groups is 1. The largest absolute Gasteiger partial charge is 0.507 e. The Morgan fingerprint density at radius 2 is 1.77 bits per heavy atom. The molecule has 8 heteroatoms. The number of benzene rings is 1. The van der Waals surface area contributed by atoms with E-state index in [0.717, 1.165) is 6.42 Å². The van der Waals surface area contributed by atoms with Crippen molar-refractivity contribution in [1.29, 1.82) is 0 Å². The van der Waals surface area contributed by atoms with Crippen LogP contribution in [0.3, 0.4) is 0 Å². The lowest BCUT2D eigenvalue weighted by Crippen LogP contribution is -2.56. The molecule has 1 saturated carbocycles. The molecule has 3 amide bonds. The van der Waals surface area contributed by atoms with Gasteiger partial charge in [-0.15, -0.1) is 0 Å². The van der Waals surface area contributed by atoms with Crippen LogP contribution in [0.2, 0.25) is 0 Å². The van der Waals surface area contributed by atoms with Crippen molar-refractivity contribution >= 4 is 17.9 Å². The highest BCUT2D eigenvalue weighted by Gasteiger charge is 2.49. The van der Waals surface area contributed by atoms with Crippen LogP contribution in [0.25, 0.3) is 0 Å². The predicted molar refractivity (Wildman–Crippen MR) is 136 cm³/mol. The second-order valence-electron chi connectivity index (χ2n) is 11.1. The Balaban J connectivity index is 2.56. The predicted octanol–water partition coefficient (Wildman–Crippen LogP) is 4.44. The SMILES string of the molecule is CCC(C)C(NC(=O)OC(C)(C)C)C(=O)N(C(C(=O)NC(C)C)c1cccc(C)c1O)C1CC1C. The smallest absolute Gasteiger partial charge is 0.408 e. The first-order valence-corrected chi connectivity index (χ1v) is 12.6. The molecule has 1 aromatic rings. The third-order valence-electron chi connectivity index (χ3n) is 6.35. The van der Waals surface area contributed by atoms with Crippen molar-refractivity contribution in [3.05, 3.63) is 29.3 Å². The lowest BCUT2D eigenvalue weighted by Gasteiger charge is -2.37. The molecule has 2 rings (SSSR count). The zero-order valence-corrected chi connectivity index (χ0v) is 22.6. The second kappa shape index (κ2) is 11.3. The molecule has 0 aromatic heterocycles. The number of nitrogens with one attached hydrogen (secondary N) is 2. The minimum Gasteiger partial charge on any atom is -0.507 e. The monoisotopic (exact) mass is 489 g/mol. The number of carbonyl (C=O) groups is 3. The van der Waals surface area contributed by atoms with Gasteiger partial charge in [0, 0.05) is 17.6 Å². The number of ether oxygens (including phenoxy) is 1. The number of phenolic OH excluding ortho intramolecular Hbond substituents is 1. The summed E-state index contributed by atoms with van der Waals surface area (Å²) in [6.45, 7) is 16.6. The minimum atomic E-state index is -1.04. The number of hydrogen-bond acceptors (Lipinski definition) is 5. The van der Waals surface area contributed by atoms with Gasteiger partial charge in [-0.1, -0.05) is 45.4 Å². The molecule has 35 heavy (non-hydrogen) atoms. The topological polar surface area (TPSA) is 108 Å². The van der Waals surface area contributed by atoms with E-state index in [2.05, 4.69) is 10.6 Å². The lowest BCUT2D eigenvalue weighted by atomic mass is 9.94. The average molecular weight is 490 g/mol. The number of hydrogen-bond donors (Lipinski definition) is 3. The van der Waals surface area contributed by atoms with Gasteiger partial charge in [0.1, 0.15) is 23.4 Å². The number of carbonyl (C=O) groups excluding carboxylic acids is 3. The summed E-state index contributed by atoms with van der Waals surface area (Å²) < 4.78 is 5.43. The van der Waals surface area contributed by atoms with Gasteiger partial charge in [-0.3, -0.25) is 9.59 Å². The normalized spacial score (nSPS) is 19.9. The van der Waals surface area contributed by atoms with E-state index in [1.165, 1.54) is 0 Å². The molecule has 0 radical (unpaired) electrons. The number of phenols is 1. The van der Waals surface area contributed by atoms with E-state index >= 15 is 0 Å². The summed E-state index contributed by atoms with van der Waals surface area (Å²) in [6.07, 6.45) is 0.698. The molecular formula is C27H43N3O5. The van der Waals surface area contributed by atoms with Crippen LogP contribution in [0.4, 0.5) is 4.79 Å². The first-order valence-electron chi connectivity index (χ1n) is 12.6. The van der Waals surface area contributed by atoms with Crippen molar-refractivity contribution in [3.8, 4) is 5.75 Å². The maximum atomic E-state index is 14.2. The molecule has 1 aromatic carbocycles. The molecule has 0 bridgehead atoms. The molecule has 0 saturated heterocycles. The zero-order chi connectivity index (χ0) is 26.7. The Hall–Kier alpha value is -2.77. The summed E-state index contributed by atoms with van der Waals surface area (Å²) in [4.78, 5) is 41.9. The third kappa shape index (κ3) is 7.36. The first-order chi connectivity index (χ1) is 16.2. The fourth-order valence-corrected chi connectivity index (χ4v) is 4.13. The Morgan fingerprint density at radius 3 is 2.26 bits per heavy atom. The highest BCUT2D eigenvalue weighted by Crippen LogP contribution is 2.43. The first kappa shape index (κ1) is 28.5. The third-order valence-corrected chi connectivity index (χ3v) is 6.35. The fraction of sp³-hybridized carbons (Fsp3) is 0.667. The maximum absolute atomic E-state index is 14.2. The molecule has 1 fully saturated rings. The van der Waals surface area contributed by atoms with Crippen LogP contribution >= 0.6 is 0 Å². The van der Waals surface area contributed by atoms with Crippen molar-refractivity contribution in [3.63, 3.8) is 0 Å². The van der Waals surface area contributed by atoms with Crippen molar-refractivity contribution in [2.24, 2.45) is 11.8 Å². The van der Waals surface area contributed by atoms with Crippen LogP contribution in [-0.4, -0.2) is 51.6 Å².